The standard InChI is InChI=1S/C4H6O3.Sr.2H/c1-3(5)2-4(6)7;;;/h2H2,1H3,(H,6,7);;;/q;+2;2*-1. The third-order valence-corrected chi connectivity index (χ3v) is 0.400. The van der Waals surface area contributed by atoms with E-state index in [0.717, 1.165) is 0 Å². The molecule has 0 aromatic heterocycles. The fraction of sp³-hybridized carbons (Fsp3) is 0.500. The van der Waals surface area contributed by atoms with Crippen molar-refractivity contribution in [3.63, 3.8) is 0 Å². The zero-order chi connectivity index (χ0) is 5.86. The van der Waals surface area contributed by atoms with Crippen LogP contribution in [0.25, 0.3) is 0 Å². The molecule has 0 rings (SSSR count). The number of carbonyl (C=O) groups excluding carboxylic acids is 1. The molecular weight excluding hydrogens is 184 g/mol. The van der Waals surface area contributed by atoms with Crippen LogP contribution in [0.15, 0.2) is 0 Å². The molecule has 0 heterocycles. The predicted octanol–water partition coefficient (Wildman–Crippen LogP) is -0.106. The molecule has 0 fully saturated rings. The number of hydrogen-bond acceptors (Lipinski definition) is 2. The average Bonchev–Trinajstić information content (AvgIpc) is 1.27. The summed E-state index contributed by atoms with van der Waals surface area (Å²) in [7, 11) is 0. The van der Waals surface area contributed by atoms with E-state index in [0.29, 0.717) is 0 Å². The molecule has 0 bridgehead atoms. The summed E-state index contributed by atoms with van der Waals surface area (Å²) in [6.45, 7) is 1.24. The van der Waals surface area contributed by atoms with Crippen molar-refractivity contribution in [3.05, 3.63) is 0 Å². The SMILES string of the molecule is CC(=O)CC(=O)O.[H-].[H-].[Sr+2]. The molecule has 0 aromatic carbocycles. The molecule has 0 aromatic rings. The van der Waals surface area contributed by atoms with Crippen LogP contribution < -0.4 is 0 Å². The molecule has 0 atom stereocenters. The van der Waals surface area contributed by atoms with Crippen LogP contribution in [0.2, 0.25) is 0 Å². The molecule has 0 spiro atoms. The van der Waals surface area contributed by atoms with E-state index in [1.807, 2.05) is 0 Å². The maximum atomic E-state index is 9.87. The van der Waals surface area contributed by atoms with E-state index in [-0.39, 0.29) is 60.5 Å². The van der Waals surface area contributed by atoms with Crippen molar-refractivity contribution >= 4 is 57.2 Å². The van der Waals surface area contributed by atoms with E-state index < -0.39 is 5.97 Å². The second-order valence-electron chi connectivity index (χ2n) is 1.27. The molecule has 0 saturated carbocycles. The van der Waals surface area contributed by atoms with Gasteiger partial charge in [0, 0.05) is 0 Å². The molecule has 0 amide bonds. The molecule has 1 N–H and O–H groups in total. The molecule has 44 valence electrons. The van der Waals surface area contributed by atoms with Gasteiger partial charge in [-0.2, -0.15) is 0 Å². The van der Waals surface area contributed by atoms with E-state index >= 15 is 0 Å². The third-order valence-electron chi connectivity index (χ3n) is 0.400. The molecule has 0 saturated heterocycles. The van der Waals surface area contributed by atoms with Gasteiger partial charge in [-0.25, -0.2) is 0 Å². The van der Waals surface area contributed by atoms with E-state index in [2.05, 4.69) is 0 Å². The first kappa shape index (κ1) is 11.4. The fourth-order valence-corrected chi connectivity index (χ4v) is 0.213. The Labute approximate surface area is 87.3 Å². The van der Waals surface area contributed by atoms with Crippen LogP contribution in [-0.4, -0.2) is 62.3 Å². The maximum absolute atomic E-state index is 9.87. The molecule has 0 radical (unpaired) electrons. The summed E-state index contributed by atoms with van der Waals surface area (Å²) in [4.78, 5) is 19.5. The van der Waals surface area contributed by atoms with Crippen LogP contribution in [0.5, 0.6) is 0 Å². The molecular formula is C4H8O3Sr. The number of Topliss-reactive ketones (excluding diaryl/α,β-unsaturated/α-hetero) is 1. The van der Waals surface area contributed by atoms with Gasteiger partial charge in [0.1, 0.15) is 12.2 Å². The van der Waals surface area contributed by atoms with E-state index in [1.54, 1.807) is 0 Å². The van der Waals surface area contributed by atoms with Gasteiger partial charge in [0.15, 0.2) is 0 Å². The number of carboxylic acid groups (broad SMARTS) is 1. The van der Waals surface area contributed by atoms with Crippen molar-refractivity contribution in [1.29, 1.82) is 0 Å². The molecule has 0 aliphatic carbocycles. The number of carbonyl (C=O) groups is 2. The van der Waals surface area contributed by atoms with Crippen molar-refractivity contribution in [3.8, 4) is 0 Å². The predicted molar refractivity (Wildman–Crippen MR) is 30.9 cm³/mol. The summed E-state index contributed by atoms with van der Waals surface area (Å²) in [5, 5.41) is 7.86. The molecule has 0 aliphatic rings. The molecule has 8 heavy (non-hydrogen) atoms. The molecule has 3 nitrogen and oxygen atoms in total. The topological polar surface area (TPSA) is 54.4 Å². The van der Waals surface area contributed by atoms with Gasteiger partial charge in [0.2, 0.25) is 0 Å². The summed E-state index contributed by atoms with van der Waals surface area (Å²) >= 11 is 0. The number of aliphatic carboxylic acids is 1. The largest absolute Gasteiger partial charge is 2.00 e. The Hall–Kier alpha value is 0.621. The van der Waals surface area contributed by atoms with Crippen LogP contribution in [0, 0.1) is 0 Å². The van der Waals surface area contributed by atoms with Gasteiger partial charge in [0.25, 0.3) is 0 Å². The van der Waals surface area contributed by atoms with Crippen LogP contribution >= 0.6 is 0 Å². The van der Waals surface area contributed by atoms with Gasteiger partial charge in [-0.15, -0.1) is 0 Å². The summed E-state index contributed by atoms with van der Waals surface area (Å²) in [6.07, 6.45) is -0.361. The zero-order valence-corrected chi connectivity index (χ0v) is 8.15. The molecule has 0 unspecified atom stereocenters. The quantitative estimate of drug-likeness (QED) is 0.490. The minimum absolute atomic E-state index is 0. The first-order valence-electron chi connectivity index (χ1n) is 1.84. The smallest absolute Gasteiger partial charge is 1.00 e. The van der Waals surface area contributed by atoms with Crippen molar-refractivity contribution in [2.24, 2.45) is 0 Å². The van der Waals surface area contributed by atoms with Gasteiger partial charge in [0.05, 0.1) is 0 Å². The second-order valence-corrected chi connectivity index (χ2v) is 1.27. The van der Waals surface area contributed by atoms with E-state index in [1.165, 1.54) is 6.92 Å². The first-order valence-corrected chi connectivity index (χ1v) is 1.84. The Balaban J connectivity index is -0.0000000600. The van der Waals surface area contributed by atoms with Gasteiger partial charge in [-0.3, -0.25) is 9.59 Å². The van der Waals surface area contributed by atoms with Crippen LogP contribution in [0.1, 0.15) is 16.2 Å². The van der Waals surface area contributed by atoms with Crippen LogP contribution in [0.4, 0.5) is 0 Å². The summed E-state index contributed by atoms with van der Waals surface area (Å²) in [5.41, 5.74) is 0. The van der Waals surface area contributed by atoms with Gasteiger partial charge in [-0.05, 0) is 6.92 Å². The maximum Gasteiger partial charge on any atom is 2.00 e. The third kappa shape index (κ3) is 9.80. The molecule has 0 aliphatic heterocycles. The first-order chi connectivity index (χ1) is 3.13. The fourth-order valence-electron chi connectivity index (χ4n) is 0.213. The summed E-state index contributed by atoms with van der Waals surface area (Å²) in [6, 6.07) is 0. The number of hydrogen-bond donors (Lipinski definition) is 1. The summed E-state index contributed by atoms with van der Waals surface area (Å²) < 4.78 is 0. The number of ketones is 1. The average molecular weight is 192 g/mol. The van der Waals surface area contributed by atoms with Crippen molar-refractivity contribution in [2.45, 2.75) is 13.3 Å². The minimum atomic E-state index is -1.06. The Kier molecular flexibility index (Phi) is 8.21. The Morgan fingerprint density at radius 3 is 2.00 bits per heavy atom. The Morgan fingerprint density at radius 1 is 1.62 bits per heavy atom. The Bertz CT molecular complexity index is 94.7. The number of carboxylic acids is 1. The van der Waals surface area contributed by atoms with Crippen molar-refractivity contribution < 1.29 is 17.5 Å². The van der Waals surface area contributed by atoms with E-state index in [4.69, 9.17) is 5.11 Å². The van der Waals surface area contributed by atoms with Gasteiger partial charge < -0.3 is 7.96 Å². The zero-order valence-electron chi connectivity index (χ0n) is 6.68. The van der Waals surface area contributed by atoms with Gasteiger partial charge in [-0.1, -0.05) is 0 Å². The Morgan fingerprint density at radius 2 is 2.00 bits per heavy atom. The molecule has 4 heteroatoms. The van der Waals surface area contributed by atoms with Crippen LogP contribution in [-0.2, 0) is 9.59 Å². The van der Waals surface area contributed by atoms with Crippen molar-refractivity contribution in [2.75, 3.05) is 0 Å². The van der Waals surface area contributed by atoms with Crippen molar-refractivity contribution in [1.82, 2.24) is 0 Å². The minimum Gasteiger partial charge on any atom is -1.00 e. The van der Waals surface area contributed by atoms with E-state index in [9.17, 15) is 9.59 Å². The normalized spacial score (nSPS) is 7.12. The van der Waals surface area contributed by atoms with Crippen LogP contribution in [0.3, 0.4) is 0 Å². The summed E-state index contributed by atoms with van der Waals surface area (Å²) in [5.74, 6) is -1.37. The number of rotatable bonds is 2. The van der Waals surface area contributed by atoms with Gasteiger partial charge >= 0.3 is 51.5 Å². The monoisotopic (exact) mass is 192 g/mol. The second kappa shape index (κ2) is 5.75.